The molecule has 0 radical (unpaired) electrons. The summed E-state index contributed by atoms with van der Waals surface area (Å²) in [6, 6.07) is 0. The summed E-state index contributed by atoms with van der Waals surface area (Å²) in [5.41, 5.74) is 0. The highest BCUT2D eigenvalue weighted by molar-refractivity contribution is 7.47. The van der Waals surface area contributed by atoms with Gasteiger partial charge in [0.15, 0.2) is 12.2 Å². The molecule has 0 rings (SSSR count). The van der Waals surface area contributed by atoms with E-state index in [0.717, 1.165) is 114 Å². The Kier molecular flexibility index (Phi) is 55.7. The van der Waals surface area contributed by atoms with Gasteiger partial charge < -0.3 is 33.8 Å². The molecule has 0 aliphatic rings. The van der Waals surface area contributed by atoms with Crippen molar-refractivity contribution in [2.45, 2.75) is 343 Å². The third-order valence-electron chi connectivity index (χ3n) is 15.7. The van der Waals surface area contributed by atoms with Crippen LogP contribution in [0.2, 0.25) is 0 Å². The van der Waals surface area contributed by atoms with E-state index in [1.165, 1.54) is 122 Å². The molecule has 0 saturated heterocycles. The fourth-order valence-corrected chi connectivity index (χ4v) is 11.5. The highest BCUT2D eigenvalue weighted by Crippen LogP contribution is 2.45. The van der Waals surface area contributed by atoms with Crippen molar-refractivity contribution in [3.05, 3.63) is 0 Å². The van der Waals surface area contributed by atoms with E-state index in [-0.39, 0.29) is 25.7 Å². The molecule has 0 amide bonds. The number of unbranched alkanes of at least 4 members (excludes halogenated alkanes) is 29. The van der Waals surface area contributed by atoms with Crippen LogP contribution in [-0.2, 0) is 65.4 Å². The minimum Gasteiger partial charge on any atom is -0.462 e. The van der Waals surface area contributed by atoms with Gasteiger partial charge in [0.1, 0.15) is 19.3 Å². The van der Waals surface area contributed by atoms with Crippen LogP contribution in [0.15, 0.2) is 0 Å². The summed E-state index contributed by atoms with van der Waals surface area (Å²) < 4.78 is 68.1. The van der Waals surface area contributed by atoms with Gasteiger partial charge in [0.05, 0.1) is 26.4 Å². The number of phosphoric ester groups is 2. The lowest BCUT2D eigenvalue weighted by Crippen LogP contribution is -2.30. The van der Waals surface area contributed by atoms with Gasteiger partial charge in [0.25, 0.3) is 0 Å². The number of phosphoric acid groups is 2. The van der Waals surface area contributed by atoms with Crippen LogP contribution in [0.4, 0.5) is 0 Å². The number of aliphatic hydroxyl groups excluding tert-OH is 1. The molecule has 0 aromatic rings. The standard InChI is InChI=1S/C67H130O17P2/c1-9-60(8)46-38-30-25-26-32-40-48-65(70)78-54-63(83-66(71)49-41-33-23-17-13-11-15-20-28-36-44-58(4)5)56-82-86(75,76)80-52-61(68)51-79-85(73,74)81-55-62(84-67(72)50-42-34-24-18-21-29-37-45-59(6)7)53-77-64(69)47-39-31-22-16-12-10-14-19-27-35-43-57(2)3/h57-63,68H,9-56H2,1-8H3,(H,73,74)(H,75,76)/t60?,61-,62-,63-/m1/s1. The SMILES string of the molecule is CCC(C)CCCCCCCCC(=O)OC[C@H](COP(=O)(O)OC[C@H](O)COP(=O)(O)OC[C@@H](COC(=O)CCCCCCCCCCCCC(C)C)OC(=O)CCCCCCCCCC(C)C)OC(=O)CCCCCCCCCCCCC(C)C. The van der Waals surface area contributed by atoms with Crippen molar-refractivity contribution in [3.63, 3.8) is 0 Å². The number of carbonyl (C=O) groups is 4. The third kappa shape index (κ3) is 59.7. The Bertz CT molecular complexity index is 1720. The van der Waals surface area contributed by atoms with Gasteiger partial charge in [-0.15, -0.1) is 0 Å². The first-order valence-electron chi connectivity index (χ1n) is 34.7. The Balaban J connectivity index is 5.25. The maximum absolute atomic E-state index is 13.0. The Morgan fingerprint density at radius 2 is 0.558 bits per heavy atom. The van der Waals surface area contributed by atoms with Gasteiger partial charge in [0, 0.05) is 25.7 Å². The second-order valence-corrected chi connectivity index (χ2v) is 28.8. The van der Waals surface area contributed by atoms with E-state index in [2.05, 4.69) is 55.4 Å². The summed E-state index contributed by atoms with van der Waals surface area (Å²) in [6.45, 7) is 14.0. The van der Waals surface area contributed by atoms with Crippen LogP contribution >= 0.6 is 15.6 Å². The molecule has 0 aliphatic heterocycles. The van der Waals surface area contributed by atoms with Crippen molar-refractivity contribution in [3.8, 4) is 0 Å². The second-order valence-electron chi connectivity index (χ2n) is 25.9. The molecule has 0 spiro atoms. The minimum absolute atomic E-state index is 0.103. The zero-order chi connectivity index (χ0) is 63.9. The molecule has 17 nitrogen and oxygen atoms in total. The van der Waals surface area contributed by atoms with Crippen molar-refractivity contribution in [2.75, 3.05) is 39.6 Å². The summed E-state index contributed by atoms with van der Waals surface area (Å²) in [5, 5.41) is 10.6. The van der Waals surface area contributed by atoms with Gasteiger partial charge in [-0.25, -0.2) is 9.13 Å². The predicted molar refractivity (Wildman–Crippen MR) is 344 cm³/mol. The summed E-state index contributed by atoms with van der Waals surface area (Å²) in [4.78, 5) is 72.4. The lowest BCUT2D eigenvalue weighted by Gasteiger charge is -2.21. The summed E-state index contributed by atoms with van der Waals surface area (Å²) in [6.07, 6.45) is 37.7. The first-order chi connectivity index (χ1) is 41.1. The number of carbonyl (C=O) groups excluding carboxylic acids is 4. The maximum atomic E-state index is 13.0. The van der Waals surface area contributed by atoms with E-state index in [0.29, 0.717) is 31.6 Å². The molecule has 0 saturated carbocycles. The molecule has 3 unspecified atom stereocenters. The van der Waals surface area contributed by atoms with Gasteiger partial charge in [-0.2, -0.15) is 0 Å². The van der Waals surface area contributed by atoms with E-state index < -0.39 is 97.5 Å². The van der Waals surface area contributed by atoms with E-state index >= 15 is 0 Å². The topological polar surface area (TPSA) is 237 Å². The Morgan fingerprint density at radius 3 is 0.826 bits per heavy atom. The molecule has 510 valence electrons. The number of hydrogen-bond donors (Lipinski definition) is 3. The van der Waals surface area contributed by atoms with Crippen LogP contribution in [0.5, 0.6) is 0 Å². The highest BCUT2D eigenvalue weighted by atomic mass is 31.2. The number of hydrogen-bond acceptors (Lipinski definition) is 15. The molecule has 0 bridgehead atoms. The number of rotatable bonds is 64. The zero-order valence-corrected chi connectivity index (χ0v) is 57.7. The lowest BCUT2D eigenvalue weighted by atomic mass is 10.00. The molecule has 0 aromatic heterocycles. The van der Waals surface area contributed by atoms with Crippen LogP contribution in [0.3, 0.4) is 0 Å². The molecule has 0 fully saturated rings. The largest absolute Gasteiger partial charge is 0.472 e. The van der Waals surface area contributed by atoms with Crippen LogP contribution < -0.4 is 0 Å². The predicted octanol–water partition coefficient (Wildman–Crippen LogP) is 18.5. The van der Waals surface area contributed by atoms with Crippen LogP contribution in [0, 0.1) is 23.7 Å². The molecule has 3 N–H and O–H groups in total. The van der Waals surface area contributed by atoms with E-state index in [4.69, 9.17) is 37.0 Å². The zero-order valence-electron chi connectivity index (χ0n) is 55.9. The molecule has 19 heteroatoms. The van der Waals surface area contributed by atoms with Gasteiger partial charge in [-0.3, -0.25) is 37.3 Å². The summed E-state index contributed by atoms with van der Waals surface area (Å²) >= 11 is 0. The molecule has 86 heavy (non-hydrogen) atoms. The fraction of sp³-hybridized carbons (Fsp3) is 0.940. The Labute approximate surface area is 524 Å². The molecule has 6 atom stereocenters. The van der Waals surface area contributed by atoms with Crippen molar-refractivity contribution in [2.24, 2.45) is 23.7 Å². The average molecular weight is 1270 g/mol. The number of esters is 4. The van der Waals surface area contributed by atoms with Crippen LogP contribution in [0.25, 0.3) is 0 Å². The molecule has 0 aromatic carbocycles. The fourth-order valence-electron chi connectivity index (χ4n) is 9.93. The van der Waals surface area contributed by atoms with Gasteiger partial charge in [-0.1, -0.05) is 274 Å². The van der Waals surface area contributed by atoms with Crippen LogP contribution in [0.1, 0.15) is 325 Å². The Morgan fingerprint density at radius 1 is 0.326 bits per heavy atom. The van der Waals surface area contributed by atoms with Gasteiger partial charge in [-0.05, 0) is 49.4 Å². The van der Waals surface area contributed by atoms with E-state index in [1.54, 1.807) is 0 Å². The first kappa shape index (κ1) is 84.1. The van der Waals surface area contributed by atoms with Crippen molar-refractivity contribution in [1.82, 2.24) is 0 Å². The molecule has 0 aliphatic carbocycles. The highest BCUT2D eigenvalue weighted by Gasteiger charge is 2.30. The maximum Gasteiger partial charge on any atom is 0.472 e. The number of aliphatic hydroxyl groups is 1. The Hall–Kier alpha value is -1.94. The van der Waals surface area contributed by atoms with Crippen molar-refractivity contribution >= 4 is 39.5 Å². The second kappa shape index (κ2) is 57.0. The minimum atomic E-state index is -4.95. The monoisotopic (exact) mass is 1270 g/mol. The van der Waals surface area contributed by atoms with E-state index in [1.807, 2.05) is 0 Å². The quantitative estimate of drug-likeness (QED) is 0.0222. The average Bonchev–Trinajstić information content (AvgIpc) is 3.65. The first-order valence-corrected chi connectivity index (χ1v) is 37.7. The molecule has 0 heterocycles. The van der Waals surface area contributed by atoms with Crippen molar-refractivity contribution in [1.29, 1.82) is 0 Å². The van der Waals surface area contributed by atoms with Crippen LogP contribution in [-0.4, -0.2) is 96.7 Å². The normalized spacial score (nSPS) is 14.7. The molecular weight excluding hydrogens is 1140 g/mol. The van der Waals surface area contributed by atoms with Gasteiger partial charge >= 0.3 is 39.5 Å². The third-order valence-corrected chi connectivity index (χ3v) is 17.6. The van der Waals surface area contributed by atoms with Crippen molar-refractivity contribution < 1.29 is 80.2 Å². The molecular formula is C67H130O17P2. The smallest absolute Gasteiger partial charge is 0.462 e. The van der Waals surface area contributed by atoms with Gasteiger partial charge in [0.2, 0.25) is 0 Å². The number of ether oxygens (including phenoxy) is 4. The van der Waals surface area contributed by atoms with E-state index in [9.17, 15) is 43.2 Å². The lowest BCUT2D eigenvalue weighted by molar-refractivity contribution is -0.161. The summed E-state index contributed by atoms with van der Waals surface area (Å²) in [7, 11) is -9.90. The summed E-state index contributed by atoms with van der Waals surface area (Å²) in [5.74, 6) is 0.801.